The topological polar surface area (TPSA) is 58.5 Å². The first kappa shape index (κ1) is 17.8. The lowest BCUT2D eigenvalue weighted by Gasteiger charge is -2.12. The molecule has 24 heavy (non-hydrogen) atoms. The summed E-state index contributed by atoms with van der Waals surface area (Å²) in [4.78, 5) is 8.56. The highest BCUT2D eigenvalue weighted by molar-refractivity contribution is 5.79. The van der Waals surface area contributed by atoms with E-state index >= 15 is 0 Å². The van der Waals surface area contributed by atoms with Crippen LogP contribution in [-0.4, -0.2) is 38.2 Å². The van der Waals surface area contributed by atoms with Crippen molar-refractivity contribution in [2.75, 3.05) is 27.2 Å². The first-order valence-corrected chi connectivity index (χ1v) is 8.21. The summed E-state index contributed by atoms with van der Waals surface area (Å²) < 4.78 is 5.37. The molecule has 1 aromatic carbocycles. The number of nitrogens with one attached hydrogen (secondary N) is 2. The maximum atomic E-state index is 5.37. The van der Waals surface area contributed by atoms with Crippen LogP contribution in [0.4, 0.5) is 0 Å². The fraction of sp³-hybridized carbons (Fsp3) is 0.368. The van der Waals surface area contributed by atoms with Gasteiger partial charge in [0.15, 0.2) is 5.96 Å². The van der Waals surface area contributed by atoms with Crippen LogP contribution in [0.25, 0.3) is 0 Å². The minimum Gasteiger partial charge on any atom is -0.496 e. The zero-order valence-electron chi connectivity index (χ0n) is 14.7. The third-order valence-electron chi connectivity index (χ3n) is 3.80. The van der Waals surface area contributed by atoms with E-state index in [4.69, 9.17) is 4.74 Å². The Labute approximate surface area is 144 Å². The van der Waals surface area contributed by atoms with Crippen molar-refractivity contribution >= 4 is 5.96 Å². The number of aliphatic imine (C=N–C) groups is 1. The molecule has 1 aromatic heterocycles. The van der Waals surface area contributed by atoms with Crippen LogP contribution >= 0.6 is 0 Å². The highest BCUT2D eigenvalue weighted by Gasteiger charge is 2.02. The molecule has 0 aliphatic rings. The monoisotopic (exact) mass is 326 g/mol. The third-order valence-corrected chi connectivity index (χ3v) is 3.80. The van der Waals surface area contributed by atoms with Gasteiger partial charge < -0.3 is 15.4 Å². The number of pyridine rings is 1. The minimum atomic E-state index is 0.801. The zero-order valence-corrected chi connectivity index (χ0v) is 14.7. The van der Waals surface area contributed by atoms with Gasteiger partial charge in [-0.1, -0.05) is 18.2 Å². The van der Waals surface area contributed by atoms with Gasteiger partial charge in [-0.2, -0.15) is 0 Å². The molecule has 1 heterocycles. The predicted octanol–water partition coefficient (Wildman–Crippen LogP) is 2.35. The fourth-order valence-electron chi connectivity index (χ4n) is 2.42. The van der Waals surface area contributed by atoms with Gasteiger partial charge in [0.25, 0.3) is 0 Å². The number of hydrogen-bond donors (Lipinski definition) is 2. The Morgan fingerprint density at radius 1 is 1.12 bits per heavy atom. The fourth-order valence-corrected chi connectivity index (χ4v) is 2.42. The van der Waals surface area contributed by atoms with E-state index in [0.717, 1.165) is 48.9 Å². The second-order valence-corrected chi connectivity index (χ2v) is 5.55. The normalized spacial score (nSPS) is 11.2. The van der Waals surface area contributed by atoms with Crippen LogP contribution < -0.4 is 15.4 Å². The van der Waals surface area contributed by atoms with E-state index in [1.165, 1.54) is 5.56 Å². The van der Waals surface area contributed by atoms with Crippen LogP contribution in [0.5, 0.6) is 5.75 Å². The smallest absolute Gasteiger partial charge is 0.190 e. The molecule has 5 heteroatoms. The molecule has 0 saturated heterocycles. The molecule has 0 radical (unpaired) electrons. The summed E-state index contributed by atoms with van der Waals surface area (Å²) in [5.74, 6) is 1.75. The maximum absolute atomic E-state index is 5.37. The molecule has 0 bridgehead atoms. The van der Waals surface area contributed by atoms with Gasteiger partial charge >= 0.3 is 0 Å². The molecule has 0 aliphatic heterocycles. The second-order valence-electron chi connectivity index (χ2n) is 5.55. The van der Waals surface area contributed by atoms with E-state index in [2.05, 4.69) is 38.8 Å². The lowest BCUT2D eigenvalue weighted by molar-refractivity contribution is 0.411. The maximum Gasteiger partial charge on any atom is 0.190 e. The standard InChI is InChI=1S/C19H26N4O/c1-15-7-8-16(14-18(15)24-3)9-12-22-19(20-2)23-13-10-17-6-4-5-11-21-17/h4-8,11,14H,9-10,12-13H2,1-3H3,(H2,20,22,23). The van der Waals surface area contributed by atoms with Crippen molar-refractivity contribution in [1.29, 1.82) is 0 Å². The van der Waals surface area contributed by atoms with E-state index in [1.54, 1.807) is 14.2 Å². The molecule has 0 saturated carbocycles. The van der Waals surface area contributed by atoms with Crippen LogP contribution in [0.15, 0.2) is 47.6 Å². The van der Waals surface area contributed by atoms with Gasteiger partial charge in [-0.3, -0.25) is 9.98 Å². The number of guanidine groups is 1. The van der Waals surface area contributed by atoms with E-state index in [9.17, 15) is 0 Å². The second kappa shape index (κ2) is 9.55. The molecule has 5 nitrogen and oxygen atoms in total. The van der Waals surface area contributed by atoms with Gasteiger partial charge in [0.05, 0.1) is 7.11 Å². The molecular formula is C19H26N4O. The van der Waals surface area contributed by atoms with Crippen molar-refractivity contribution < 1.29 is 4.74 Å². The highest BCUT2D eigenvalue weighted by atomic mass is 16.5. The number of methoxy groups -OCH3 is 1. The van der Waals surface area contributed by atoms with Gasteiger partial charge in [0, 0.05) is 38.4 Å². The lowest BCUT2D eigenvalue weighted by atomic mass is 10.1. The number of nitrogens with zero attached hydrogens (tertiary/aromatic N) is 2. The Balaban J connectivity index is 1.73. The summed E-state index contributed by atoms with van der Waals surface area (Å²) in [7, 11) is 3.49. The largest absolute Gasteiger partial charge is 0.496 e. The number of aryl methyl sites for hydroxylation is 1. The Morgan fingerprint density at radius 2 is 1.92 bits per heavy atom. The van der Waals surface area contributed by atoms with Crippen LogP contribution in [-0.2, 0) is 12.8 Å². The average molecular weight is 326 g/mol. The van der Waals surface area contributed by atoms with Gasteiger partial charge in [0.2, 0.25) is 0 Å². The summed E-state index contributed by atoms with van der Waals surface area (Å²) in [5.41, 5.74) is 3.47. The number of benzene rings is 1. The number of ether oxygens (including phenoxy) is 1. The molecular weight excluding hydrogens is 300 g/mol. The van der Waals surface area contributed by atoms with Crippen molar-refractivity contribution in [2.24, 2.45) is 4.99 Å². The number of aromatic nitrogens is 1. The van der Waals surface area contributed by atoms with Crippen LogP contribution in [0.2, 0.25) is 0 Å². The molecule has 0 amide bonds. The van der Waals surface area contributed by atoms with E-state index in [0.29, 0.717) is 0 Å². The summed E-state index contributed by atoms with van der Waals surface area (Å²) in [5, 5.41) is 6.64. The SMILES string of the molecule is CN=C(NCCc1ccc(C)c(OC)c1)NCCc1ccccn1. The first-order chi connectivity index (χ1) is 11.7. The molecule has 2 N–H and O–H groups in total. The number of rotatable bonds is 7. The van der Waals surface area contributed by atoms with Crippen molar-refractivity contribution in [3.05, 3.63) is 59.4 Å². The van der Waals surface area contributed by atoms with E-state index < -0.39 is 0 Å². The van der Waals surface area contributed by atoms with Gasteiger partial charge in [-0.15, -0.1) is 0 Å². The Kier molecular flexibility index (Phi) is 7.08. The third kappa shape index (κ3) is 5.57. The molecule has 0 spiro atoms. The zero-order chi connectivity index (χ0) is 17.2. The van der Waals surface area contributed by atoms with Crippen molar-refractivity contribution in [1.82, 2.24) is 15.6 Å². The summed E-state index contributed by atoms with van der Waals surface area (Å²) >= 11 is 0. The molecule has 0 atom stereocenters. The minimum absolute atomic E-state index is 0.801. The van der Waals surface area contributed by atoms with Crippen molar-refractivity contribution in [2.45, 2.75) is 19.8 Å². The first-order valence-electron chi connectivity index (χ1n) is 8.21. The summed E-state index contributed by atoms with van der Waals surface area (Å²) in [6.07, 6.45) is 3.60. The molecule has 0 fully saturated rings. The molecule has 0 aliphatic carbocycles. The van der Waals surface area contributed by atoms with Crippen LogP contribution in [0.1, 0.15) is 16.8 Å². The highest BCUT2D eigenvalue weighted by Crippen LogP contribution is 2.18. The summed E-state index contributed by atoms with van der Waals surface area (Å²) in [6, 6.07) is 12.3. The van der Waals surface area contributed by atoms with Crippen molar-refractivity contribution in [3.8, 4) is 5.75 Å². The summed E-state index contributed by atoms with van der Waals surface area (Å²) in [6.45, 7) is 3.67. The number of hydrogen-bond acceptors (Lipinski definition) is 3. The van der Waals surface area contributed by atoms with E-state index in [-0.39, 0.29) is 0 Å². The molecule has 0 unspecified atom stereocenters. The Hall–Kier alpha value is -2.56. The quantitative estimate of drug-likeness (QED) is 0.606. The van der Waals surface area contributed by atoms with Crippen LogP contribution in [0, 0.1) is 6.92 Å². The predicted molar refractivity (Wildman–Crippen MR) is 98.7 cm³/mol. The van der Waals surface area contributed by atoms with Gasteiger partial charge in [-0.05, 0) is 42.7 Å². The molecule has 128 valence electrons. The Morgan fingerprint density at radius 3 is 2.58 bits per heavy atom. The van der Waals surface area contributed by atoms with Crippen molar-refractivity contribution in [3.63, 3.8) is 0 Å². The van der Waals surface area contributed by atoms with E-state index in [1.807, 2.05) is 31.3 Å². The van der Waals surface area contributed by atoms with Gasteiger partial charge in [-0.25, -0.2) is 0 Å². The Bertz CT molecular complexity index is 656. The molecule has 2 aromatic rings. The van der Waals surface area contributed by atoms with Crippen LogP contribution in [0.3, 0.4) is 0 Å². The lowest BCUT2D eigenvalue weighted by Crippen LogP contribution is -2.39. The van der Waals surface area contributed by atoms with Gasteiger partial charge in [0.1, 0.15) is 5.75 Å². The average Bonchev–Trinajstić information content (AvgIpc) is 2.62. The molecule has 2 rings (SSSR count).